The zero-order valence-corrected chi connectivity index (χ0v) is 5.20. The van der Waals surface area contributed by atoms with Gasteiger partial charge in [0.25, 0.3) is 0 Å². The monoisotopic (exact) mass is 129 g/mol. The van der Waals surface area contributed by atoms with Crippen LogP contribution in [-0.4, -0.2) is 10.8 Å². The first-order chi connectivity index (χ1) is 3.80. The van der Waals surface area contributed by atoms with Crippen LogP contribution in [0.25, 0.3) is 0 Å². The highest BCUT2D eigenvalue weighted by Crippen LogP contribution is 2.05. The van der Waals surface area contributed by atoms with Gasteiger partial charge in [0.2, 0.25) is 0 Å². The van der Waals surface area contributed by atoms with Gasteiger partial charge in [-0.2, -0.15) is 0 Å². The highest BCUT2D eigenvalue weighted by atomic mass is 32.2. The molecule has 0 aliphatic rings. The van der Waals surface area contributed by atoms with E-state index in [1.54, 1.807) is 12.3 Å². The van der Waals surface area contributed by atoms with E-state index in [4.69, 9.17) is 4.42 Å². The minimum absolute atomic E-state index is 0.407. The van der Waals surface area contributed by atoms with Crippen LogP contribution in [0.1, 0.15) is 0 Å². The van der Waals surface area contributed by atoms with E-state index in [-0.39, 0.29) is 0 Å². The Morgan fingerprint density at radius 3 is 2.88 bits per heavy atom. The minimum atomic E-state index is -1.02. The summed E-state index contributed by atoms with van der Waals surface area (Å²) in [6, 6.07) is 4.26. The molecule has 8 heavy (non-hydrogen) atoms. The Hall–Kier alpha value is -0.410. The van der Waals surface area contributed by atoms with Gasteiger partial charge >= 0.3 is 5.09 Å². The zero-order chi connectivity index (χ0) is 5.98. The number of hydrogen-bond acceptors (Lipinski definition) is 2. The van der Waals surface area contributed by atoms with Crippen LogP contribution in [-0.2, 0) is 11.2 Å². The molecule has 0 spiro atoms. The van der Waals surface area contributed by atoms with Gasteiger partial charge in [-0.25, -0.2) is 0 Å². The molecule has 0 saturated heterocycles. The summed E-state index contributed by atoms with van der Waals surface area (Å²) < 4.78 is 15.2. The van der Waals surface area contributed by atoms with Crippen LogP contribution in [0.4, 0.5) is 0 Å². The summed E-state index contributed by atoms with van der Waals surface area (Å²) in [5.74, 6) is 0. The van der Waals surface area contributed by atoms with Gasteiger partial charge < -0.3 is 8.97 Å². The molecule has 0 N–H and O–H groups in total. The maximum atomic E-state index is 10.5. The van der Waals surface area contributed by atoms with Crippen molar-refractivity contribution in [1.29, 1.82) is 0 Å². The maximum absolute atomic E-state index is 10.5. The van der Waals surface area contributed by atoms with Crippen LogP contribution in [0.2, 0.25) is 0 Å². The molecule has 1 unspecified atom stereocenters. The van der Waals surface area contributed by atoms with Crippen molar-refractivity contribution >= 4 is 11.2 Å². The first-order valence-electron chi connectivity index (χ1n) is 2.09. The molecule has 0 saturated carbocycles. The minimum Gasteiger partial charge on any atom is -0.609 e. The molecule has 0 bridgehead atoms. The molecular weight excluding hydrogens is 124 g/mol. The third kappa shape index (κ3) is 1.05. The molecule has 2 nitrogen and oxygen atoms in total. The topological polar surface area (TPSA) is 36.2 Å². The summed E-state index contributed by atoms with van der Waals surface area (Å²) in [6.45, 7) is 0. The fraction of sp³-hybridized carbons (Fsp3) is 0.200. The second kappa shape index (κ2) is 2.24. The van der Waals surface area contributed by atoms with Gasteiger partial charge in [-0.15, -0.1) is 0 Å². The standard InChI is InChI=1S/C5H5O2S/c1-8(6)5-3-2-4-7-5/h2,4H,1H3. The zero-order valence-electron chi connectivity index (χ0n) is 4.38. The predicted octanol–water partition coefficient (Wildman–Crippen LogP) is 0.817. The number of furan rings is 1. The van der Waals surface area contributed by atoms with Gasteiger partial charge in [-0.3, -0.25) is 0 Å². The van der Waals surface area contributed by atoms with E-state index in [0.717, 1.165) is 0 Å². The summed E-state index contributed by atoms with van der Waals surface area (Å²) in [4.78, 5) is 0. The van der Waals surface area contributed by atoms with Crippen molar-refractivity contribution in [1.82, 2.24) is 0 Å². The molecule has 1 aromatic rings. The molecule has 0 aromatic carbocycles. The fourth-order valence-electron chi connectivity index (χ4n) is 0.383. The lowest BCUT2D eigenvalue weighted by Gasteiger charge is -1.94. The van der Waals surface area contributed by atoms with E-state index in [2.05, 4.69) is 6.07 Å². The highest BCUT2D eigenvalue weighted by molar-refractivity contribution is 7.90. The fourth-order valence-corrected chi connectivity index (χ4v) is 0.808. The van der Waals surface area contributed by atoms with Crippen LogP contribution >= 0.6 is 0 Å². The van der Waals surface area contributed by atoms with Crippen LogP contribution in [0.3, 0.4) is 0 Å². The highest BCUT2D eigenvalue weighted by Gasteiger charge is 2.04. The predicted molar refractivity (Wildman–Crippen MR) is 29.9 cm³/mol. The summed E-state index contributed by atoms with van der Waals surface area (Å²) >= 11 is -1.02. The second-order valence-electron chi connectivity index (χ2n) is 1.31. The summed E-state index contributed by atoms with van der Waals surface area (Å²) in [5, 5.41) is 0.407. The number of rotatable bonds is 1. The summed E-state index contributed by atoms with van der Waals surface area (Å²) in [7, 11) is 0. The molecule has 43 valence electrons. The largest absolute Gasteiger partial charge is 0.609 e. The van der Waals surface area contributed by atoms with Crippen LogP contribution in [0, 0.1) is 6.07 Å². The van der Waals surface area contributed by atoms with Crippen LogP contribution < -0.4 is 0 Å². The molecule has 0 amide bonds. The van der Waals surface area contributed by atoms with Crippen molar-refractivity contribution < 1.29 is 8.97 Å². The molecule has 0 aliphatic carbocycles. The van der Waals surface area contributed by atoms with E-state index in [1.807, 2.05) is 0 Å². The van der Waals surface area contributed by atoms with Gasteiger partial charge in [-0.1, -0.05) is 0 Å². The lowest BCUT2D eigenvalue weighted by Crippen LogP contribution is -1.93. The van der Waals surface area contributed by atoms with Crippen molar-refractivity contribution in [2.75, 3.05) is 6.26 Å². The van der Waals surface area contributed by atoms with Gasteiger partial charge in [0.05, 0.1) is 12.3 Å². The van der Waals surface area contributed by atoms with Gasteiger partial charge in [-0.05, 0) is 6.07 Å². The van der Waals surface area contributed by atoms with Crippen molar-refractivity contribution in [2.45, 2.75) is 5.09 Å². The first kappa shape index (κ1) is 5.72. The molecule has 1 radical (unpaired) electrons. The first-order valence-corrected chi connectivity index (χ1v) is 3.65. The Bertz CT molecular complexity index is 145. The third-order valence-electron chi connectivity index (χ3n) is 0.705. The molecular formula is C5H5O2S. The smallest absolute Gasteiger partial charge is 0.318 e. The SMILES string of the molecule is C[S+]([O-])c1[c]cco1. The van der Waals surface area contributed by atoms with Crippen molar-refractivity contribution in [2.24, 2.45) is 0 Å². The third-order valence-corrected chi connectivity index (χ3v) is 1.44. The molecule has 3 heteroatoms. The maximum Gasteiger partial charge on any atom is 0.318 e. The van der Waals surface area contributed by atoms with Crippen molar-refractivity contribution in [3.05, 3.63) is 18.4 Å². The normalized spacial score (nSPS) is 13.8. The van der Waals surface area contributed by atoms with Gasteiger partial charge in [0.1, 0.15) is 6.26 Å². The Morgan fingerprint density at radius 2 is 2.62 bits per heavy atom. The molecule has 1 aromatic heterocycles. The number of hydrogen-bond donors (Lipinski definition) is 0. The van der Waals surface area contributed by atoms with Crippen LogP contribution in [0.5, 0.6) is 0 Å². The summed E-state index contributed by atoms with van der Waals surface area (Å²) in [5.41, 5.74) is 0. The Kier molecular flexibility index (Phi) is 1.60. The van der Waals surface area contributed by atoms with E-state index in [0.29, 0.717) is 5.09 Å². The molecule has 0 aliphatic heterocycles. The molecule has 1 rings (SSSR count). The Morgan fingerprint density at radius 1 is 1.88 bits per heavy atom. The Labute approximate surface area is 50.7 Å². The van der Waals surface area contributed by atoms with E-state index >= 15 is 0 Å². The quantitative estimate of drug-likeness (QED) is 0.526. The van der Waals surface area contributed by atoms with E-state index < -0.39 is 11.2 Å². The van der Waals surface area contributed by atoms with Crippen molar-refractivity contribution in [3.8, 4) is 0 Å². The van der Waals surface area contributed by atoms with Gasteiger partial charge in [0, 0.05) is 11.2 Å². The average molecular weight is 129 g/mol. The van der Waals surface area contributed by atoms with Crippen molar-refractivity contribution in [3.63, 3.8) is 0 Å². The van der Waals surface area contributed by atoms with E-state index in [1.165, 1.54) is 6.26 Å². The Balaban J connectivity index is 2.77. The molecule has 0 fully saturated rings. The lowest BCUT2D eigenvalue weighted by atomic mass is 10.7. The van der Waals surface area contributed by atoms with Gasteiger partial charge in [0.15, 0.2) is 0 Å². The lowest BCUT2D eigenvalue weighted by molar-refractivity contribution is 0.451. The molecule has 1 heterocycles. The van der Waals surface area contributed by atoms with E-state index in [9.17, 15) is 4.55 Å². The molecule has 1 atom stereocenters. The average Bonchev–Trinajstić information content (AvgIpc) is 2.12. The van der Waals surface area contributed by atoms with Crippen LogP contribution in [0.15, 0.2) is 21.8 Å². The second-order valence-corrected chi connectivity index (χ2v) is 2.59. The summed E-state index contributed by atoms with van der Waals surface area (Å²) in [6.07, 6.45) is 3.01.